The SMILES string of the molecule is CC[C@H](C(=O)NC(C)C)N(Cc1ccc(Cl)cc1Cl)C(=O)CN(c1ccc(C(C)C)cc1)S(=O)(=O)c1ccccc1. The van der Waals surface area contributed by atoms with E-state index >= 15 is 0 Å². The van der Waals surface area contributed by atoms with Gasteiger partial charge in [-0.1, -0.05) is 80.4 Å². The van der Waals surface area contributed by atoms with Gasteiger partial charge in [0.15, 0.2) is 0 Å². The molecule has 0 aliphatic heterocycles. The zero-order valence-electron chi connectivity index (χ0n) is 24.0. The number of halogens is 2. The minimum Gasteiger partial charge on any atom is -0.352 e. The minimum absolute atomic E-state index is 0.00955. The highest BCUT2D eigenvalue weighted by molar-refractivity contribution is 7.92. The smallest absolute Gasteiger partial charge is 0.264 e. The molecule has 2 amide bonds. The molecule has 41 heavy (non-hydrogen) atoms. The maximum Gasteiger partial charge on any atom is 0.264 e. The van der Waals surface area contributed by atoms with Gasteiger partial charge in [-0.25, -0.2) is 8.42 Å². The van der Waals surface area contributed by atoms with Gasteiger partial charge < -0.3 is 10.2 Å². The number of carbonyl (C=O) groups is 2. The fourth-order valence-corrected chi connectivity index (χ4v) is 6.31. The molecule has 1 atom stereocenters. The lowest BCUT2D eigenvalue weighted by atomic mass is 10.0. The van der Waals surface area contributed by atoms with Gasteiger partial charge >= 0.3 is 0 Å². The van der Waals surface area contributed by atoms with Crippen LogP contribution in [0.3, 0.4) is 0 Å². The Hall–Kier alpha value is -3.07. The van der Waals surface area contributed by atoms with Gasteiger partial charge in [-0.15, -0.1) is 0 Å². The average molecular weight is 619 g/mol. The third-order valence-electron chi connectivity index (χ3n) is 6.63. The van der Waals surface area contributed by atoms with Gasteiger partial charge in [-0.05, 0) is 73.7 Å². The second-order valence-electron chi connectivity index (χ2n) is 10.4. The molecular weight excluding hydrogens is 581 g/mol. The van der Waals surface area contributed by atoms with E-state index in [2.05, 4.69) is 5.32 Å². The Morgan fingerprint density at radius 1 is 0.902 bits per heavy atom. The number of rotatable bonds is 12. The summed E-state index contributed by atoms with van der Waals surface area (Å²) in [6.07, 6.45) is 0.310. The molecule has 0 radical (unpaired) electrons. The van der Waals surface area contributed by atoms with Crippen LogP contribution >= 0.6 is 23.2 Å². The summed E-state index contributed by atoms with van der Waals surface area (Å²) in [6, 6.07) is 19.0. The van der Waals surface area contributed by atoms with Crippen LogP contribution in [0.5, 0.6) is 0 Å². The summed E-state index contributed by atoms with van der Waals surface area (Å²) in [5.41, 5.74) is 1.96. The molecule has 0 heterocycles. The van der Waals surface area contributed by atoms with Gasteiger partial charge in [-0.2, -0.15) is 0 Å². The Bertz CT molecular complexity index is 1450. The largest absolute Gasteiger partial charge is 0.352 e. The van der Waals surface area contributed by atoms with Gasteiger partial charge in [0, 0.05) is 22.6 Å². The molecule has 3 rings (SSSR count). The molecule has 10 heteroatoms. The summed E-state index contributed by atoms with van der Waals surface area (Å²) < 4.78 is 28.9. The van der Waals surface area contributed by atoms with Crippen LogP contribution in [0, 0.1) is 0 Å². The first-order valence-corrected chi connectivity index (χ1v) is 15.8. The second kappa shape index (κ2) is 14.2. The second-order valence-corrected chi connectivity index (χ2v) is 13.1. The quantitative estimate of drug-likeness (QED) is 0.247. The first-order valence-electron chi connectivity index (χ1n) is 13.6. The zero-order chi connectivity index (χ0) is 30.3. The van der Waals surface area contributed by atoms with E-state index in [-0.39, 0.29) is 29.3 Å². The van der Waals surface area contributed by atoms with Crippen molar-refractivity contribution < 1.29 is 18.0 Å². The summed E-state index contributed by atoms with van der Waals surface area (Å²) in [5.74, 6) is -0.636. The van der Waals surface area contributed by atoms with Crippen molar-refractivity contribution in [3.05, 3.63) is 94.0 Å². The predicted octanol–water partition coefficient (Wildman–Crippen LogP) is 6.64. The topological polar surface area (TPSA) is 86.8 Å². The van der Waals surface area contributed by atoms with Crippen LogP contribution in [0.1, 0.15) is 58.1 Å². The molecule has 7 nitrogen and oxygen atoms in total. The number of amides is 2. The van der Waals surface area contributed by atoms with Crippen molar-refractivity contribution in [1.82, 2.24) is 10.2 Å². The van der Waals surface area contributed by atoms with Crippen LogP contribution in [0.25, 0.3) is 0 Å². The molecular formula is C31H37Cl2N3O4S. The van der Waals surface area contributed by atoms with Gasteiger partial charge in [0.25, 0.3) is 10.0 Å². The first kappa shape index (κ1) is 32.4. The van der Waals surface area contributed by atoms with Crippen LogP contribution in [0.2, 0.25) is 10.0 Å². The standard InChI is InChI=1S/C31H37Cl2N3O4S/c1-6-29(31(38)34-22(4)5)35(19-24-12-15-25(32)18-28(24)33)30(37)20-36(26-16-13-23(14-17-26)21(2)3)41(39,40)27-10-8-7-9-11-27/h7-18,21-22,29H,6,19-20H2,1-5H3,(H,34,38)/t29-/m1/s1. The third-order valence-corrected chi connectivity index (χ3v) is 9.01. The van der Waals surface area contributed by atoms with E-state index in [4.69, 9.17) is 23.2 Å². The van der Waals surface area contributed by atoms with Crippen molar-refractivity contribution >= 4 is 50.7 Å². The van der Waals surface area contributed by atoms with E-state index in [0.717, 1.165) is 9.87 Å². The summed E-state index contributed by atoms with van der Waals surface area (Å²) >= 11 is 12.5. The Morgan fingerprint density at radius 2 is 1.54 bits per heavy atom. The summed E-state index contributed by atoms with van der Waals surface area (Å²) in [6.45, 7) is 9.04. The Labute approximate surface area is 253 Å². The molecule has 3 aromatic carbocycles. The first-order chi connectivity index (χ1) is 19.3. The van der Waals surface area contributed by atoms with Crippen LogP contribution in [-0.4, -0.2) is 43.8 Å². The molecule has 0 spiro atoms. The van der Waals surface area contributed by atoms with Crippen molar-refractivity contribution in [3.8, 4) is 0 Å². The number of carbonyl (C=O) groups excluding carboxylic acids is 2. The molecule has 0 saturated heterocycles. The van der Waals surface area contributed by atoms with Crippen molar-refractivity contribution in [2.24, 2.45) is 0 Å². The lowest BCUT2D eigenvalue weighted by Gasteiger charge is -2.33. The number of benzene rings is 3. The number of anilines is 1. The summed E-state index contributed by atoms with van der Waals surface area (Å²) in [7, 11) is -4.13. The van der Waals surface area contributed by atoms with Gasteiger partial charge in [0.05, 0.1) is 10.6 Å². The summed E-state index contributed by atoms with van der Waals surface area (Å²) in [4.78, 5) is 28.8. The van der Waals surface area contributed by atoms with E-state index in [9.17, 15) is 18.0 Å². The molecule has 0 aliphatic carbocycles. The van der Waals surface area contributed by atoms with Crippen molar-refractivity contribution in [2.75, 3.05) is 10.8 Å². The van der Waals surface area contributed by atoms with E-state index in [0.29, 0.717) is 27.7 Å². The van der Waals surface area contributed by atoms with E-state index in [1.54, 1.807) is 55.5 Å². The van der Waals surface area contributed by atoms with Crippen LogP contribution in [0.4, 0.5) is 5.69 Å². The zero-order valence-corrected chi connectivity index (χ0v) is 26.3. The van der Waals surface area contributed by atoms with Crippen molar-refractivity contribution in [3.63, 3.8) is 0 Å². The molecule has 0 aromatic heterocycles. The minimum atomic E-state index is -4.13. The Kier molecular flexibility index (Phi) is 11.2. The van der Waals surface area contributed by atoms with E-state index < -0.39 is 28.5 Å². The molecule has 0 saturated carbocycles. The van der Waals surface area contributed by atoms with Gasteiger partial charge in [0.2, 0.25) is 11.8 Å². The van der Waals surface area contributed by atoms with Crippen LogP contribution in [0.15, 0.2) is 77.7 Å². The highest BCUT2D eigenvalue weighted by atomic mass is 35.5. The Morgan fingerprint density at radius 3 is 2.07 bits per heavy atom. The number of nitrogens with zero attached hydrogens (tertiary/aromatic N) is 2. The molecule has 0 aliphatic rings. The van der Waals surface area contributed by atoms with Gasteiger partial charge in [-0.3, -0.25) is 13.9 Å². The lowest BCUT2D eigenvalue weighted by molar-refractivity contribution is -0.140. The maximum absolute atomic E-state index is 14.1. The molecule has 1 N–H and O–H groups in total. The normalized spacial score (nSPS) is 12.3. The molecule has 0 fully saturated rings. The summed E-state index contributed by atoms with van der Waals surface area (Å²) in [5, 5.41) is 3.65. The molecule has 3 aromatic rings. The van der Waals surface area contributed by atoms with E-state index in [1.165, 1.54) is 17.0 Å². The molecule has 0 unspecified atom stereocenters. The monoisotopic (exact) mass is 617 g/mol. The number of nitrogens with one attached hydrogen (secondary N) is 1. The molecule has 0 bridgehead atoms. The third kappa shape index (κ3) is 8.24. The predicted molar refractivity (Wildman–Crippen MR) is 166 cm³/mol. The number of sulfonamides is 1. The fraction of sp³-hybridized carbons (Fsp3) is 0.355. The fourth-order valence-electron chi connectivity index (χ4n) is 4.41. The highest BCUT2D eigenvalue weighted by Gasteiger charge is 2.34. The number of hydrogen-bond donors (Lipinski definition) is 1. The maximum atomic E-state index is 14.1. The Balaban J connectivity index is 2.09. The molecule has 220 valence electrons. The van der Waals surface area contributed by atoms with Gasteiger partial charge in [0.1, 0.15) is 12.6 Å². The number of hydrogen-bond acceptors (Lipinski definition) is 4. The van der Waals surface area contributed by atoms with E-state index in [1.807, 2.05) is 39.8 Å². The van der Waals surface area contributed by atoms with Crippen molar-refractivity contribution in [1.29, 1.82) is 0 Å². The lowest BCUT2D eigenvalue weighted by Crippen LogP contribution is -2.53. The average Bonchev–Trinajstić information content (AvgIpc) is 2.92. The highest BCUT2D eigenvalue weighted by Crippen LogP contribution is 2.28. The van der Waals surface area contributed by atoms with Crippen molar-refractivity contribution in [2.45, 2.75) is 70.5 Å². The van der Waals surface area contributed by atoms with Crippen LogP contribution < -0.4 is 9.62 Å². The van der Waals surface area contributed by atoms with Crippen LogP contribution in [-0.2, 0) is 26.2 Å².